The van der Waals surface area contributed by atoms with Crippen LogP contribution >= 0.6 is 0 Å². The van der Waals surface area contributed by atoms with Gasteiger partial charge >= 0.3 is 6.03 Å². The third-order valence-electron chi connectivity index (χ3n) is 3.77. The van der Waals surface area contributed by atoms with Gasteiger partial charge in [-0.25, -0.2) is 9.78 Å². The fourth-order valence-electron chi connectivity index (χ4n) is 2.81. The molecule has 2 heterocycles. The first-order chi connectivity index (χ1) is 9.85. The predicted octanol–water partition coefficient (Wildman–Crippen LogP) is 2.71. The van der Waals surface area contributed by atoms with E-state index >= 15 is 0 Å². The molecule has 0 atom stereocenters. The van der Waals surface area contributed by atoms with Crippen LogP contribution in [-0.4, -0.2) is 39.1 Å². The van der Waals surface area contributed by atoms with Gasteiger partial charge in [0.25, 0.3) is 0 Å². The highest BCUT2D eigenvalue weighted by atomic mass is 16.2. The molecule has 0 saturated carbocycles. The van der Waals surface area contributed by atoms with Gasteiger partial charge in [-0.05, 0) is 39.8 Å². The topological polar surface area (TPSA) is 50.2 Å². The summed E-state index contributed by atoms with van der Waals surface area (Å²) in [6.07, 6.45) is 0. The number of hydrogen-bond acceptors (Lipinski definition) is 2. The Balaban J connectivity index is 1.73. The van der Waals surface area contributed by atoms with Crippen LogP contribution in [0.1, 0.15) is 32.6 Å². The first-order valence-corrected chi connectivity index (χ1v) is 7.36. The Morgan fingerprint density at radius 3 is 2.62 bits per heavy atom. The highest BCUT2D eigenvalue weighted by molar-refractivity contribution is 5.78. The maximum absolute atomic E-state index is 12.1. The minimum Gasteiger partial charge on any atom is -0.333 e. The Morgan fingerprint density at radius 2 is 1.95 bits per heavy atom. The van der Waals surface area contributed by atoms with Gasteiger partial charge < -0.3 is 14.8 Å². The molecule has 0 aliphatic carbocycles. The molecule has 1 fully saturated rings. The maximum Gasteiger partial charge on any atom is 0.317 e. The minimum atomic E-state index is -0.195. The summed E-state index contributed by atoms with van der Waals surface area (Å²) in [5.74, 6) is 1.01. The van der Waals surface area contributed by atoms with Crippen molar-refractivity contribution in [3.05, 3.63) is 30.1 Å². The molecule has 1 N–H and O–H groups in total. The van der Waals surface area contributed by atoms with E-state index in [2.05, 4.69) is 20.9 Å². The summed E-state index contributed by atoms with van der Waals surface area (Å²) in [4.78, 5) is 18.5. The first-order valence-electron chi connectivity index (χ1n) is 7.36. The Hall–Kier alpha value is -2.04. The fourth-order valence-corrected chi connectivity index (χ4v) is 2.81. The van der Waals surface area contributed by atoms with E-state index in [-0.39, 0.29) is 11.6 Å². The van der Waals surface area contributed by atoms with Crippen LogP contribution in [0, 0.1) is 6.92 Å². The lowest BCUT2D eigenvalue weighted by atomic mass is 10.1. The van der Waals surface area contributed by atoms with Crippen LogP contribution in [-0.2, 0) is 0 Å². The van der Waals surface area contributed by atoms with Crippen molar-refractivity contribution in [2.45, 2.75) is 39.3 Å². The third kappa shape index (κ3) is 2.60. The van der Waals surface area contributed by atoms with E-state index in [1.165, 1.54) is 0 Å². The quantitative estimate of drug-likeness (QED) is 0.876. The van der Waals surface area contributed by atoms with Crippen molar-refractivity contribution in [1.29, 1.82) is 0 Å². The summed E-state index contributed by atoms with van der Waals surface area (Å²) in [7, 11) is 0. The van der Waals surface area contributed by atoms with Crippen molar-refractivity contribution in [2.75, 3.05) is 13.1 Å². The Labute approximate surface area is 125 Å². The fraction of sp³-hybridized carbons (Fsp3) is 0.500. The third-order valence-corrected chi connectivity index (χ3v) is 3.77. The van der Waals surface area contributed by atoms with E-state index in [9.17, 15) is 4.79 Å². The summed E-state index contributed by atoms with van der Waals surface area (Å²) in [6, 6.07) is 8.49. The number of amides is 2. The van der Waals surface area contributed by atoms with Gasteiger partial charge in [0.1, 0.15) is 5.82 Å². The van der Waals surface area contributed by atoms with Crippen molar-refractivity contribution >= 4 is 17.1 Å². The Bertz CT molecular complexity index is 677. The summed E-state index contributed by atoms with van der Waals surface area (Å²) in [6.45, 7) is 9.49. The normalized spacial score (nSPS) is 16.1. The van der Waals surface area contributed by atoms with Crippen LogP contribution < -0.4 is 5.32 Å². The summed E-state index contributed by atoms with van der Waals surface area (Å²) >= 11 is 0. The lowest BCUT2D eigenvalue weighted by Gasteiger charge is -2.41. The number of carbonyl (C=O) groups is 1. The highest BCUT2D eigenvalue weighted by Crippen LogP contribution is 2.27. The molecule has 1 aromatic carbocycles. The predicted molar refractivity (Wildman–Crippen MR) is 83.4 cm³/mol. The number of nitrogens with one attached hydrogen (secondary N) is 1. The van der Waals surface area contributed by atoms with E-state index in [0.29, 0.717) is 6.04 Å². The molecule has 1 aliphatic heterocycles. The number of aromatic nitrogens is 2. The van der Waals surface area contributed by atoms with E-state index in [0.717, 1.165) is 29.9 Å². The van der Waals surface area contributed by atoms with Gasteiger partial charge in [0.15, 0.2) is 0 Å². The zero-order chi connectivity index (χ0) is 15.2. The number of carbonyl (C=O) groups excluding carboxylic acids is 1. The number of likely N-dealkylation sites (tertiary alicyclic amines) is 1. The largest absolute Gasteiger partial charge is 0.333 e. The molecule has 1 aromatic heterocycles. The molecule has 0 radical (unpaired) electrons. The Kier molecular flexibility index (Phi) is 3.15. The summed E-state index contributed by atoms with van der Waals surface area (Å²) in [5.41, 5.74) is 1.98. The molecule has 0 bridgehead atoms. The number of para-hydroxylation sites is 2. The number of benzene rings is 1. The van der Waals surface area contributed by atoms with Crippen LogP contribution in [0.5, 0.6) is 0 Å². The highest BCUT2D eigenvalue weighted by Gasteiger charge is 2.34. The van der Waals surface area contributed by atoms with Crippen LogP contribution in [0.2, 0.25) is 0 Å². The smallest absolute Gasteiger partial charge is 0.317 e. The number of hydrogen-bond donors (Lipinski definition) is 1. The molecule has 5 nitrogen and oxygen atoms in total. The zero-order valence-electron chi connectivity index (χ0n) is 13.1. The Morgan fingerprint density at radius 1 is 1.29 bits per heavy atom. The maximum atomic E-state index is 12.1. The second kappa shape index (κ2) is 4.76. The van der Waals surface area contributed by atoms with Crippen molar-refractivity contribution < 1.29 is 4.79 Å². The monoisotopic (exact) mass is 286 g/mol. The van der Waals surface area contributed by atoms with Gasteiger partial charge in [-0.2, -0.15) is 0 Å². The number of aryl methyl sites for hydroxylation is 1. The molecule has 1 aliphatic rings. The van der Waals surface area contributed by atoms with Crippen molar-refractivity contribution in [3.8, 4) is 0 Å². The number of fused-ring (bicyclic) bond motifs is 1. The molecule has 2 aromatic rings. The first kappa shape index (κ1) is 13.9. The van der Waals surface area contributed by atoms with Crippen molar-refractivity contribution in [2.24, 2.45) is 0 Å². The van der Waals surface area contributed by atoms with Crippen molar-refractivity contribution in [1.82, 2.24) is 19.8 Å². The van der Waals surface area contributed by atoms with E-state index in [1.54, 1.807) is 0 Å². The second-order valence-corrected chi connectivity index (χ2v) is 6.76. The minimum absolute atomic E-state index is 0.0147. The molecule has 3 rings (SSSR count). The van der Waals surface area contributed by atoms with Gasteiger partial charge in [-0.3, -0.25) is 0 Å². The molecular formula is C16H22N4O. The van der Waals surface area contributed by atoms with Gasteiger partial charge in [0.05, 0.1) is 17.1 Å². The lowest BCUT2D eigenvalue weighted by Crippen LogP contribution is -2.57. The zero-order valence-corrected chi connectivity index (χ0v) is 13.1. The van der Waals surface area contributed by atoms with Gasteiger partial charge in [0.2, 0.25) is 0 Å². The molecule has 1 saturated heterocycles. The van der Waals surface area contributed by atoms with Crippen LogP contribution in [0.15, 0.2) is 24.3 Å². The summed E-state index contributed by atoms with van der Waals surface area (Å²) in [5, 5.41) is 3.00. The van der Waals surface area contributed by atoms with Crippen LogP contribution in [0.25, 0.3) is 11.0 Å². The standard InChI is InChI=1S/C16H22N4O/c1-11-17-13-7-5-6-8-14(13)20(11)12-9-19(10-12)15(21)18-16(2,3)4/h5-8,12H,9-10H2,1-4H3,(H,18,21). The average molecular weight is 286 g/mol. The average Bonchev–Trinajstić information content (AvgIpc) is 2.62. The molecule has 2 amide bonds. The van der Waals surface area contributed by atoms with Crippen LogP contribution in [0.3, 0.4) is 0 Å². The van der Waals surface area contributed by atoms with E-state index < -0.39 is 0 Å². The van der Waals surface area contributed by atoms with E-state index in [4.69, 9.17) is 0 Å². The lowest BCUT2D eigenvalue weighted by molar-refractivity contribution is 0.120. The summed E-state index contributed by atoms with van der Waals surface area (Å²) < 4.78 is 2.25. The van der Waals surface area contributed by atoms with Crippen LogP contribution in [0.4, 0.5) is 4.79 Å². The molecule has 0 unspecified atom stereocenters. The molecule has 112 valence electrons. The van der Waals surface area contributed by atoms with Gasteiger partial charge in [0, 0.05) is 18.6 Å². The van der Waals surface area contributed by atoms with Gasteiger partial charge in [-0.1, -0.05) is 12.1 Å². The van der Waals surface area contributed by atoms with Crippen molar-refractivity contribution in [3.63, 3.8) is 0 Å². The molecule has 5 heteroatoms. The number of imidazole rings is 1. The molecule has 21 heavy (non-hydrogen) atoms. The molecular weight excluding hydrogens is 264 g/mol. The van der Waals surface area contributed by atoms with Gasteiger partial charge in [-0.15, -0.1) is 0 Å². The molecule has 0 spiro atoms. The SMILES string of the molecule is Cc1nc2ccccc2n1C1CN(C(=O)NC(C)(C)C)C1. The second-order valence-electron chi connectivity index (χ2n) is 6.76. The number of rotatable bonds is 1. The number of nitrogens with zero attached hydrogens (tertiary/aromatic N) is 3. The van der Waals surface area contributed by atoms with E-state index in [1.807, 2.05) is 50.8 Å². The number of urea groups is 1.